The monoisotopic (exact) mass is 261 g/mol. The van der Waals surface area contributed by atoms with Gasteiger partial charge in [0.05, 0.1) is 0 Å². The van der Waals surface area contributed by atoms with Gasteiger partial charge in [0.25, 0.3) is 0 Å². The molecule has 0 fully saturated rings. The smallest absolute Gasteiger partial charge is 0.358 e. The number of hydrogen-bond donors (Lipinski definition) is 1. The van der Waals surface area contributed by atoms with E-state index in [2.05, 4.69) is 17.3 Å². The molecule has 18 heavy (non-hydrogen) atoms. The summed E-state index contributed by atoms with van der Waals surface area (Å²) in [7, 11) is 0. The lowest BCUT2D eigenvalue weighted by atomic mass is 10.0. The van der Waals surface area contributed by atoms with Crippen LogP contribution in [-0.4, -0.2) is 22.0 Å². The fraction of sp³-hybridized carbons (Fsp3) is 0.231. The first kappa shape index (κ1) is 11.3. The molecule has 0 amide bonds. The molecule has 1 aliphatic heterocycles. The Kier molecular flexibility index (Phi) is 2.83. The van der Waals surface area contributed by atoms with Crippen molar-refractivity contribution in [2.24, 2.45) is 0 Å². The second kappa shape index (κ2) is 4.49. The van der Waals surface area contributed by atoms with Crippen molar-refractivity contribution >= 4 is 17.7 Å². The molecular formula is C13H11NO3S. The van der Waals surface area contributed by atoms with E-state index in [0.717, 1.165) is 17.7 Å². The summed E-state index contributed by atoms with van der Waals surface area (Å²) in [5, 5.41) is 12.3. The number of carbonyl (C=O) groups is 1. The maximum absolute atomic E-state index is 10.8. The second-order valence-corrected chi connectivity index (χ2v) is 5.29. The number of hydrogen-bond acceptors (Lipinski definition) is 4. The van der Waals surface area contributed by atoms with Crippen LogP contribution in [0.15, 0.2) is 33.7 Å². The van der Waals surface area contributed by atoms with Crippen molar-refractivity contribution in [3.8, 4) is 11.3 Å². The van der Waals surface area contributed by atoms with E-state index in [9.17, 15) is 4.79 Å². The van der Waals surface area contributed by atoms with Crippen molar-refractivity contribution in [1.82, 2.24) is 5.16 Å². The van der Waals surface area contributed by atoms with Crippen LogP contribution in [0.2, 0.25) is 0 Å². The van der Waals surface area contributed by atoms with Crippen molar-refractivity contribution in [2.45, 2.75) is 17.7 Å². The zero-order valence-corrected chi connectivity index (χ0v) is 10.4. The Morgan fingerprint density at radius 2 is 2.28 bits per heavy atom. The number of aromatic carboxylic acids is 1. The number of nitrogens with zero attached hydrogens (tertiary/aromatic N) is 1. The van der Waals surface area contributed by atoms with Gasteiger partial charge in [-0.05, 0) is 36.3 Å². The number of fused-ring (bicyclic) bond motifs is 1. The van der Waals surface area contributed by atoms with Gasteiger partial charge in [0, 0.05) is 16.5 Å². The fourth-order valence-corrected chi connectivity index (χ4v) is 3.04. The minimum absolute atomic E-state index is 0.0582. The highest BCUT2D eigenvalue weighted by molar-refractivity contribution is 7.99. The molecule has 1 aromatic heterocycles. The normalized spacial score (nSPS) is 14.2. The van der Waals surface area contributed by atoms with Crippen molar-refractivity contribution in [2.75, 3.05) is 5.75 Å². The average Bonchev–Trinajstić information content (AvgIpc) is 2.88. The van der Waals surface area contributed by atoms with Gasteiger partial charge in [-0.15, -0.1) is 11.8 Å². The van der Waals surface area contributed by atoms with Gasteiger partial charge in [0.2, 0.25) is 0 Å². The lowest BCUT2D eigenvalue weighted by Gasteiger charge is -2.15. The van der Waals surface area contributed by atoms with Crippen LogP contribution < -0.4 is 0 Å². The molecule has 1 N–H and O–H groups in total. The van der Waals surface area contributed by atoms with Gasteiger partial charge in [0.1, 0.15) is 0 Å². The highest BCUT2D eigenvalue weighted by atomic mass is 32.2. The summed E-state index contributed by atoms with van der Waals surface area (Å²) in [4.78, 5) is 12.1. The van der Waals surface area contributed by atoms with E-state index in [1.807, 2.05) is 17.8 Å². The van der Waals surface area contributed by atoms with Gasteiger partial charge in [-0.25, -0.2) is 4.79 Å². The number of benzene rings is 1. The second-order valence-electron chi connectivity index (χ2n) is 4.16. The Hall–Kier alpha value is -1.75. The Balaban J connectivity index is 1.98. The molecule has 1 aliphatic rings. The summed E-state index contributed by atoms with van der Waals surface area (Å²) in [6, 6.07) is 7.54. The molecule has 0 radical (unpaired) electrons. The Bertz CT molecular complexity index is 606. The van der Waals surface area contributed by atoms with E-state index >= 15 is 0 Å². The van der Waals surface area contributed by atoms with E-state index in [-0.39, 0.29) is 5.69 Å². The molecule has 2 aromatic rings. The Morgan fingerprint density at radius 3 is 3.06 bits per heavy atom. The molecule has 1 aromatic carbocycles. The summed E-state index contributed by atoms with van der Waals surface area (Å²) in [5.74, 6) is 0.599. The van der Waals surface area contributed by atoms with E-state index in [4.69, 9.17) is 9.63 Å². The lowest BCUT2D eigenvalue weighted by molar-refractivity contribution is 0.0686. The number of rotatable bonds is 2. The third kappa shape index (κ3) is 2.01. The minimum Gasteiger partial charge on any atom is -0.476 e. The van der Waals surface area contributed by atoms with Crippen molar-refractivity contribution in [1.29, 1.82) is 0 Å². The Morgan fingerprint density at radius 1 is 1.39 bits per heavy atom. The topological polar surface area (TPSA) is 63.3 Å². The molecular weight excluding hydrogens is 250 g/mol. The first-order chi connectivity index (χ1) is 8.74. The van der Waals surface area contributed by atoms with E-state index in [1.54, 1.807) is 0 Å². The van der Waals surface area contributed by atoms with Crippen LogP contribution in [0.4, 0.5) is 0 Å². The molecule has 0 aliphatic carbocycles. The maximum Gasteiger partial charge on any atom is 0.358 e. The number of aromatic nitrogens is 1. The number of aryl methyl sites for hydroxylation is 1. The Labute approximate surface area is 108 Å². The molecule has 0 saturated carbocycles. The van der Waals surface area contributed by atoms with Crippen LogP contribution >= 0.6 is 11.8 Å². The molecule has 0 saturated heterocycles. The highest BCUT2D eigenvalue weighted by Crippen LogP contribution is 2.33. The van der Waals surface area contributed by atoms with Crippen molar-refractivity contribution < 1.29 is 14.4 Å². The zero-order valence-electron chi connectivity index (χ0n) is 9.55. The van der Waals surface area contributed by atoms with Crippen molar-refractivity contribution in [3.05, 3.63) is 35.5 Å². The van der Waals surface area contributed by atoms with Gasteiger partial charge in [-0.3, -0.25) is 0 Å². The SMILES string of the molecule is O=C(O)c1cc(-c2ccc3c(c2)CCCS3)on1. The highest BCUT2D eigenvalue weighted by Gasteiger charge is 2.15. The molecule has 0 spiro atoms. The molecule has 2 heterocycles. The van der Waals surface area contributed by atoms with Crippen LogP contribution in [0.3, 0.4) is 0 Å². The third-order valence-electron chi connectivity index (χ3n) is 2.92. The van der Waals surface area contributed by atoms with Gasteiger partial charge < -0.3 is 9.63 Å². The third-order valence-corrected chi connectivity index (χ3v) is 4.12. The van der Waals surface area contributed by atoms with Gasteiger partial charge in [-0.1, -0.05) is 11.2 Å². The van der Waals surface area contributed by atoms with Gasteiger partial charge in [0.15, 0.2) is 11.5 Å². The molecule has 4 nitrogen and oxygen atoms in total. The first-order valence-electron chi connectivity index (χ1n) is 5.70. The van der Waals surface area contributed by atoms with E-state index in [0.29, 0.717) is 5.76 Å². The summed E-state index contributed by atoms with van der Waals surface area (Å²) < 4.78 is 5.07. The molecule has 5 heteroatoms. The number of carboxylic acids is 1. The van der Waals surface area contributed by atoms with Crippen LogP contribution in [0, 0.1) is 0 Å². The van der Waals surface area contributed by atoms with Crippen LogP contribution in [-0.2, 0) is 6.42 Å². The fourth-order valence-electron chi connectivity index (χ4n) is 2.03. The van der Waals surface area contributed by atoms with Crippen LogP contribution in [0.1, 0.15) is 22.5 Å². The summed E-state index contributed by atoms with van der Waals surface area (Å²) in [6.07, 6.45) is 2.24. The predicted molar refractivity (Wildman–Crippen MR) is 67.9 cm³/mol. The van der Waals surface area contributed by atoms with Crippen LogP contribution in [0.5, 0.6) is 0 Å². The molecule has 0 atom stereocenters. The van der Waals surface area contributed by atoms with Gasteiger partial charge in [-0.2, -0.15) is 0 Å². The van der Waals surface area contributed by atoms with Gasteiger partial charge >= 0.3 is 5.97 Å². The first-order valence-corrected chi connectivity index (χ1v) is 6.69. The summed E-state index contributed by atoms with van der Waals surface area (Å²) in [5.41, 5.74) is 2.13. The standard InChI is InChI=1S/C13H11NO3S/c15-13(16)10-7-11(17-14-10)8-3-4-12-9(6-8)2-1-5-18-12/h3-4,6-7H,1-2,5H2,(H,15,16). The average molecular weight is 261 g/mol. The minimum atomic E-state index is -1.07. The quantitative estimate of drug-likeness (QED) is 0.900. The largest absolute Gasteiger partial charge is 0.476 e. The van der Waals surface area contributed by atoms with E-state index < -0.39 is 5.97 Å². The molecule has 0 unspecified atom stereocenters. The molecule has 3 rings (SSSR count). The molecule has 0 bridgehead atoms. The van der Waals surface area contributed by atoms with Crippen molar-refractivity contribution in [3.63, 3.8) is 0 Å². The number of thioether (sulfide) groups is 1. The lowest BCUT2D eigenvalue weighted by Crippen LogP contribution is -1.98. The summed E-state index contributed by atoms with van der Waals surface area (Å²) in [6.45, 7) is 0. The summed E-state index contributed by atoms with van der Waals surface area (Å²) >= 11 is 1.86. The molecule has 92 valence electrons. The van der Waals surface area contributed by atoms with E-state index in [1.165, 1.54) is 22.9 Å². The zero-order chi connectivity index (χ0) is 12.5. The maximum atomic E-state index is 10.8. The predicted octanol–water partition coefficient (Wildman–Crippen LogP) is 3.08. The number of carboxylic acid groups (broad SMARTS) is 1. The van der Waals surface area contributed by atoms with Crippen LogP contribution in [0.25, 0.3) is 11.3 Å².